The van der Waals surface area contributed by atoms with E-state index in [4.69, 9.17) is 5.11 Å². The highest BCUT2D eigenvalue weighted by atomic mass is 16.3. The van der Waals surface area contributed by atoms with Crippen molar-refractivity contribution in [2.75, 3.05) is 25.0 Å². The lowest BCUT2D eigenvalue weighted by Crippen LogP contribution is -2.37. The zero-order valence-electron chi connectivity index (χ0n) is 10.7. The molecular weight excluding hydrogens is 228 g/mol. The van der Waals surface area contributed by atoms with Gasteiger partial charge < -0.3 is 15.3 Å². The van der Waals surface area contributed by atoms with Gasteiger partial charge in [-0.3, -0.25) is 0 Å². The maximum absolute atomic E-state index is 11.9. The molecule has 0 aliphatic carbocycles. The minimum Gasteiger partial charge on any atom is -0.395 e. The molecule has 0 saturated heterocycles. The van der Waals surface area contributed by atoms with Crippen molar-refractivity contribution < 1.29 is 9.90 Å². The number of hydrogen-bond donors (Lipinski definition) is 2. The number of anilines is 1. The van der Waals surface area contributed by atoms with Gasteiger partial charge in [-0.2, -0.15) is 0 Å². The SMILES string of the molecule is C=CCN(CCO)C(=O)Nc1cccc(CC)c1. The van der Waals surface area contributed by atoms with E-state index in [9.17, 15) is 4.79 Å². The number of aliphatic hydroxyl groups is 1. The van der Waals surface area contributed by atoms with E-state index in [2.05, 4.69) is 18.8 Å². The normalized spacial score (nSPS) is 9.89. The first-order valence-electron chi connectivity index (χ1n) is 6.07. The third kappa shape index (κ3) is 4.22. The van der Waals surface area contributed by atoms with Crippen molar-refractivity contribution in [3.05, 3.63) is 42.5 Å². The zero-order valence-corrected chi connectivity index (χ0v) is 10.7. The summed E-state index contributed by atoms with van der Waals surface area (Å²) in [7, 11) is 0. The quantitative estimate of drug-likeness (QED) is 0.759. The molecule has 2 amide bonds. The maximum atomic E-state index is 11.9. The number of urea groups is 1. The first-order valence-corrected chi connectivity index (χ1v) is 6.07. The van der Waals surface area contributed by atoms with E-state index in [1.807, 2.05) is 24.3 Å². The highest BCUT2D eigenvalue weighted by Gasteiger charge is 2.11. The lowest BCUT2D eigenvalue weighted by Gasteiger charge is -2.20. The van der Waals surface area contributed by atoms with Crippen LogP contribution in [-0.2, 0) is 6.42 Å². The molecular formula is C14H20N2O2. The highest BCUT2D eigenvalue weighted by molar-refractivity contribution is 5.89. The minimum atomic E-state index is -0.225. The van der Waals surface area contributed by atoms with E-state index >= 15 is 0 Å². The summed E-state index contributed by atoms with van der Waals surface area (Å²) in [6.07, 6.45) is 2.56. The van der Waals surface area contributed by atoms with Crippen molar-refractivity contribution in [1.29, 1.82) is 0 Å². The highest BCUT2D eigenvalue weighted by Crippen LogP contribution is 2.11. The van der Waals surface area contributed by atoms with E-state index in [-0.39, 0.29) is 12.6 Å². The summed E-state index contributed by atoms with van der Waals surface area (Å²) in [5.74, 6) is 0. The first-order chi connectivity index (χ1) is 8.71. The predicted molar refractivity (Wildman–Crippen MR) is 73.7 cm³/mol. The van der Waals surface area contributed by atoms with Crippen LogP contribution in [0.5, 0.6) is 0 Å². The molecule has 0 aliphatic heterocycles. The number of carbonyl (C=O) groups excluding carboxylic acids is 1. The van der Waals surface area contributed by atoms with Gasteiger partial charge >= 0.3 is 6.03 Å². The summed E-state index contributed by atoms with van der Waals surface area (Å²) in [5.41, 5.74) is 1.94. The van der Waals surface area contributed by atoms with Crippen LogP contribution < -0.4 is 5.32 Å². The molecule has 0 aliphatic rings. The van der Waals surface area contributed by atoms with Gasteiger partial charge in [0.05, 0.1) is 6.61 Å². The van der Waals surface area contributed by atoms with Crippen LogP contribution in [0.2, 0.25) is 0 Å². The molecule has 0 spiro atoms. The van der Waals surface area contributed by atoms with Crippen LogP contribution in [0, 0.1) is 0 Å². The van der Waals surface area contributed by atoms with Gasteiger partial charge in [0, 0.05) is 18.8 Å². The molecule has 98 valence electrons. The Morgan fingerprint density at radius 1 is 1.56 bits per heavy atom. The number of aliphatic hydroxyl groups excluding tert-OH is 1. The summed E-state index contributed by atoms with van der Waals surface area (Å²) in [6.45, 7) is 6.32. The standard InChI is InChI=1S/C14H20N2O2/c1-3-8-16(9-10-17)14(18)15-13-7-5-6-12(4-2)11-13/h3,5-7,11,17H,1,4,8-10H2,2H3,(H,15,18). The van der Waals surface area contributed by atoms with Crippen LogP contribution in [-0.4, -0.2) is 35.7 Å². The molecule has 0 bridgehead atoms. The van der Waals surface area contributed by atoms with Crippen molar-refractivity contribution in [1.82, 2.24) is 4.90 Å². The molecule has 4 heteroatoms. The monoisotopic (exact) mass is 248 g/mol. The first kappa shape index (κ1) is 14.3. The van der Waals surface area contributed by atoms with Gasteiger partial charge in [0.25, 0.3) is 0 Å². The van der Waals surface area contributed by atoms with E-state index < -0.39 is 0 Å². The Morgan fingerprint density at radius 2 is 2.33 bits per heavy atom. The maximum Gasteiger partial charge on any atom is 0.322 e. The van der Waals surface area contributed by atoms with E-state index in [0.717, 1.165) is 12.1 Å². The van der Waals surface area contributed by atoms with Crippen LogP contribution >= 0.6 is 0 Å². The van der Waals surface area contributed by atoms with E-state index in [1.54, 1.807) is 6.08 Å². The number of aryl methyl sites for hydroxylation is 1. The predicted octanol–water partition coefficient (Wildman–Crippen LogP) is 2.26. The Morgan fingerprint density at radius 3 is 2.94 bits per heavy atom. The van der Waals surface area contributed by atoms with Gasteiger partial charge in [0.2, 0.25) is 0 Å². The number of nitrogens with zero attached hydrogens (tertiary/aromatic N) is 1. The molecule has 0 saturated carbocycles. The molecule has 2 N–H and O–H groups in total. The third-order valence-electron chi connectivity index (χ3n) is 2.59. The number of rotatable bonds is 6. The van der Waals surface area contributed by atoms with Crippen molar-refractivity contribution in [3.63, 3.8) is 0 Å². The minimum absolute atomic E-state index is 0.0593. The lowest BCUT2D eigenvalue weighted by molar-refractivity contribution is 0.195. The second kappa shape index (κ2) is 7.50. The molecule has 0 atom stereocenters. The zero-order chi connectivity index (χ0) is 13.4. The second-order valence-corrected chi connectivity index (χ2v) is 3.94. The van der Waals surface area contributed by atoms with E-state index in [1.165, 1.54) is 10.5 Å². The summed E-state index contributed by atoms with van der Waals surface area (Å²) in [5, 5.41) is 11.7. The number of carbonyl (C=O) groups is 1. The molecule has 1 rings (SSSR count). The van der Waals surface area contributed by atoms with Crippen LogP contribution in [0.4, 0.5) is 10.5 Å². The molecule has 0 heterocycles. The fourth-order valence-electron chi connectivity index (χ4n) is 1.62. The Kier molecular flexibility index (Phi) is 5.94. The van der Waals surface area contributed by atoms with Gasteiger partial charge in [0.15, 0.2) is 0 Å². The van der Waals surface area contributed by atoms with Crippen molar-refractivity contribution in [2.45, 2.75) is 13.3 Å². The molecule has 4 nitrogen and oxygen atoms in total. The van der Waals surface area contributed by atoms with Gasteiger partial charge in [-0.15, -0.1) is 6.58 Å². The largest absolute Gasteiger partial charge is 0.395 e. The van der Waals surface area contributed by atoms with Crippen LogP contribution in [0.3, 0.4) is 0 Å². The van der Waals surface area contributed by atoms with Gasteiger partial charge in [-0.1, -0.05) is 25.1 Å². The number of benzene rings is 1. The summed E-state index contributed by atoms with van der Waals surface area (Å²) < 4.78 is 0. The Hall–Kier alpha value is -1.81. The van der Waals surface area contributed by atoms with E-state index in [0.29, 0.717) is 13.1 Å². The van der Waals surface area contributed by atoms with Crippen LogP contribution in [0.1, 0.15) is 12.5 Å². The molecule has 0 fully saturated rings. The van der Waals surface area contributed by atoms with Gasteiger partial charge in [0.1, 0.15) is 0 Å². The lowest BCUT2D eigenvalue weighted by atomic mass is 10.1. The molecule has 0 unspecified atom stereocenters. The van der Waals surface area contributed by atoms with Crippen molar-refractivity contribution in [2.24, 2.45) is 0 Å². The molecule has 18 heavy (non-hydrogen) atoms. The summed E-state index contributed by atoms with van der Waals surface area (Å²) in [6, 6.07) is 7.51. The Bertz CT molecular complexity index is 405. The van der Waals surface area contributed by atoms with Crippen molar-refractivity contribution in [3.8, 4) is 0 Å². The summed E-state index contributed by atoms with van der Waals surface area (Å²) in [4.78, 5) is 13.5. The second-order valence-electron chi connectivity index (χ2n) is 3.94. The fourth-order valence-corrected chi connectivity index (χ4v) is 1.62. The number of amides is 2. The molecule has 1 aromatic rings. The third-order valence-corrected chi connectivity index (χ3v) is 2.59. The number of nitrogens with one attached hydrogen (secondary N) is 1. The van der Waals surface area contributed by atoms with Gasteiger partial charge in [-0.25, -0.2) is 4.79 Å². The fraction of sp³-hybridized carbons (Fsp3) is 0.357. The van der Waals surface area contributed by atoms with Crippen LogP contribution in [0.25, 0.3) is 0 Å². The van der Waals surface area contributed by atoms with Gasteiger partial charge in [-0.05, 0) is 24.1 Å². The topological polar surface area (TPSA) is 52.6 Å². The van der Waals surface area contributed by atoms with Crippen LogP contribution in [0.15, 0.2) is 36.9 Å². The Balaban J connectivity index is 2.68. The molecule has 0 radical (unpaired) electrons. The Labute approximate surface area is 108 Å². The average molecular weight is 248 g/mol. The molecule has 0 aromatic heterocycles. The smallest absolute Gasteiger partial charge is 0.322 e. The molecule has 1 aromatic carbocycles. The average Bonchev–Trinajstić information content (AvgIpc) is 2.38. The summed E-state index contributed by atoms with van der Waals surface area (Å²) >= 11 is 0. The number of hydrogen-bond acceptors (Lipinski definition) is 2. The van der Waals surface area contributed by atoms with Crippen molar-refractivity contribution >= 4 is 11.7 Å².